The smallest absolute Gasteiger partial charge is 0.323 e. The van der Waals surface area contributed by atoms with E-state index in [0.717, 1.165) is 40.4 Å². The Balaban J connectivity index is 1.63. The van der Waals surface area contributed by atoms with Crippen LogP contribution in [0.2, 0.25) is 0 Å². The predicted octanol–water partition coefficient (Wildman–Crippen LogP) is 3.57. The van der Waals surface area contributed by atoms with Gasteiger partial charge in [-0.05, 0) is 61.4 Å². The summed E-state index contributed by atoms with van der Waals surface area (Å²) in [6.45, 7) is 8.02. The Morgan fingerprint density at radius 2 is 1.84 bits per heavy atom. The van der Waals surface area contributed by atoms with Gasteiger partial charge in [-0.1, -0.05) is 25.6 Å². The number of hydrogen-bond donors (Lipinski definition) is 1. The fourth-order valence-corrected chi connectivity index (χ4v) is 7.03. The summed E-state index contributed by atoms with van der Waals surface area (Å²) < 4.78 is 34.4. The molecule has 4 rings (SSSR count). The van der Waals surface area contributed by atoms with Crippen LogP contribution in [-0.2, 0) is 38.9 Å². The van der Waals surface area contributed by atoms with Gasteiger partial charge in [-0.3, -0.25) is 4.79 Å². The predicted molar refractivity (Wildman–Crippen MR) is 123 cm³/mol. The van der Waals surface area contributed by atoms with Crippen molar-refractivity contribution in [2.45, 2.75) is 61.3 Å². The van der Waals surface area contributed by atoms with Gasteiger partial charge >= 0.3 is 5.97 Å². The van der Waals surface area contributed by atoms with Gasteiger partial charge in [-0.25, -0.2) is 8.42 Å². The fourth-order valence-electron chi connectivity index (χ4n) is 4.55. The number of fused-ring (bicyclic) bond motifs is 1. The van der Waals surface area contributed by atoms with Crippen molar-refractivity contribution in [1.29, 1.82) is 0 Å². The minimum absolute atomic E-state index is 0.0358. The van der Waals surface area contributed by atoms with Gasteiger partial charge in [0.15, 0.2) is 0 Å². The summed E-state index contributed by atoms with van der Waals surface area (Å²) in [6, 6.07) is 7.00. The lowest BCUT2D eigenvalue weighted by Gasteiger charge is -2.30. The number of ether oxygens (including phenoxy) is 1. The molecule has 1 saturated heterocycles. The number of morpholine rings is 1. The highest BCUT2D eigenvalue weighted by Gasteiger charge is 2.32. The third-order valence-electron chi connectivity index (χ3n) is 6.32. The topological polar surface area (TPSA) is 88.8 Å². The van der Waals surface area contributed by atoms with Crippen molar-refractivity contribution in [2.24, 2.45) is 5.41 Å². The molecule has 1 fully saturated rings. The Morgan fingerprint density at radius 3 is 2.47 bits per heavy atom. The molecule has 1 aromatic carbocycles. The van der Waals surface area contributed by atoms with E-state index in [1.165, 1.54) is 9.87 Å². The Bertz CT molecular complexity index is 1110. The molecule has 9 heteroatoms. The SMILES string of the molecule is Cc1c(Sc2ccc(S(=O)(=O)N3CCOCC3)cc2)c2c(n1CC(=O)O)CCC(C)(C)C2. The van der Waals surface area contributed by atoms with E-state index in [4.69, 9.17) is 4.74 Å². The lowest BCUT2D eigenvalue weighted by atomic mass is 9.76. The monoisotopic (exact) mass is 478 g/mol. The quantitative estimate of drug-likeness (QED) is 0.683. The number of rotatable bonds is 6. The highest BCUT2D eigenvalue weighted by molar-refractivity contribution is 7.99. The summed E-state index contributed by atoms with van der Waals surface area (Å²) >= 11 is 1.59. The molecular weight excluding hydrogens is 448 g/mol. The van der Waals surface area contributed by atoms with E-state index in [-0.39, 0.29) is 16.9 Å². The van der Waals surface area contributed by atoms with Gasteiger partial charge in [0, 0.05) is 34.3 Å². The molecule has 2 aromatic rings. The number of hydrogen-bond acceptors (Lipinski definition) is 5. The average Bonchev–Trinajstić information content (AvgIpc) is 2.98. The standard InChI is InChI=1S/C23H30N2O5S2/c1-16-22(19-14-23(2,3)9-8-20(19)25(16)15-21(26)27)31-17-4-6-18(7-5-17)32(28,29)24-10-12-30-13-11-24/h4-7H,8-15H2,1-3H3,(H,26,27). The van der Waals surface area contributed by atoms with Crippen LogP contribution in [0.1, 0.15) is 37.2 Å². The van der Waals surface area contributed by atoms with Crippen LogP contribution in [0.5, 0.6) is 0 Å². The summed E-state index contributed by atoms with van der Waals surface area (Å²) in [7, 11) is -3.52. The molecule has 1 aliphatic heterocycles. The molecule has 1 N–H and O–H groups in total. The van der Waals surface area contributed by atoms with Gasteiger partial charge in [-0.15, -0.1) is 0 Å². The Labute approximate surface area is 193 Å². The fraction of sp³-hybridized carbons (Fsp3) is 0.522. The Hall–Kier alpha value is -1.81. The molecule has 32 heavy (non-hydrogen) atoms. The molecule has 174 valence electrons. The maximum Gasteiger partial charge on any atom is 0.323 e. The highest BCUT2D eigenvalue weighted by Crippen LogP contribution is 2.44. The summed E-state index contributed by atoms with van der Waals surface area (Å²) in [4.78, 5) is 13.8. The maximum absolute atomic E-state index is 12.9. The van der Waals surface area contributed by atoms with E-state index in [9.17, 15) is 18.3 Å². The van der Waals surface area contributed by atoms with Gasteiger partial charge in [0.05, 0.1) is 18.1 Å². The molecule has 0 saturated carbocycles. The zero-order valence-corrected chi connectivity index (χ0v) is 20.4. The number of aliphatic carboxylic acids is 1. The van der Waals surface area contributed by atoms with E-state index in [0.29, 0.717) is 26.3 Å². The normalized spacial score (nSPS) is 19.0. The molecule has 2 heterocycles. The van der Waals surface area contributed by atoms with E-state index >= 15 is 0 Å². The molecule has 1 aliphatic carbocycles. The van der Waals surface area contributed by atoms with Crippen molar-refractivity contribution in [3.8, 4) is 0 Å². The summed E-state index contributed by atoms with van der Waals surface area (Å²) in [5.41, 5.74) is 3.48. The van der Waals surface area contributed by atoms with Crippen molar-refractivity contribution in [2.75, 3.05) is 26.3 Å². The number of carboxylic acids is 1. The molecule has 7 nitrogen and oxygen atoms in total. The van der Waals surface area contributed by atoms with Crippen LogP contribution >= 0.6 is 11.8 Å². The highest BCUT2D eigenvalue weighted by atomic mass is 32.2. The van der Waals surface area contributed by atoms with Gasteiger partial charge in [0.1, 0.15) is 6.54 Å². The van der Waals surface area contributed by atoms with E-state index in [2.05, 4.69) is 13.8 Å². The third kappa shape index (κ3) is 4.62. The molecule has 0 spiro atoms. The first-order valence-corrected chi connectivity index (χ1v) is 13.1. The van der Waals surface area contributed by atoms with Crippen LogP contribution in [0.3, 0.4) is 0 Å². The van der Waals surface area contributed by atoms with Gasteiger partial charge < -0.3 is 14.4 Å². The zero-order chi connectivity index (χ0) is 23.1. The van der Waals surface area contributed by atoms with Crippen LogP contribution in [0, 0.1) is 12.3 Å². The molecule has 0 unspecified atom stereocenters. The maximum atomic E-state index is 12.9. The summed E-state index contributed by atoms with van der Waals surface area (Å²) in [5, 5.41) is 9.41. The molecular formula is C23H30N2O5S2. The average molecular weight is 479 g/mol. The number of nitrogens with zero attached hydrogens (tertiary/aromatic N) is 2. The second kappa shape index (κ2) is 8.85. The number of benzene rings is 1. The first-order chi connectivity index (χ1) is 15.1. The number of carboxylic acid groups (broad SMARTS) is 1. The third-order valence-corrected chi connectivity index (χ3v) is 9.49. The molecule has 0 amide bonds. The lowest BCUT2D eigenvalue weighted by Crippen LogP contribution is -2.40. The van der Waals surface area contributed by atoms with Crippen LogP contribution in [0.25, 0.3) is 0 Å². The molecule has 0 atom stereocenters. The summed E-state index contributed by atoms with van der Waals surface area (Å²) in [6.07, 6.45) is 2.80. The van der Waals surface area contributed by atoms with Gasteiger partial charge in [0.25, 0.3) is 0 Å². The molecule has 0 radical (unpaired) electrons. The minimum atomic E-state index is -3.52. The van der Waals surface area contributed by atoms with Crippen molar-refractivity contribution in [3.05, 3.63) is 41.2 Å². The summed E-state index contributed by atoms with van der Waals surface area (Å²) in [5.74, 6) is -0.843. The lowest BCUT2D eigenvalue weighted by molar-refractivity contribution is -0.137. The van der Waals surface area contributed by atoms with E-state index < -0.39 is 16.0 Å². The van der Waals surface area contributed by atoms with Crippen molar-refractivity contribution < 1.29 is 23.1 Å². The van der Waals surface area contributed by atoms with Crippen LogP contribution < -0.4 is 0 Å². The minimum Gasteiger partial charge on any atom is -0.480 e. The number of carbonyl (C=O) groups is 1. The van der Waals surface area contributed by atoms with Crippen LogP contribution in [0.4, 0.5) is 0 Å². The zero-order valence-electron chi connectivity index (χ0n) is 18.8. The Morgan fingerprint density at radius 1 is 1.19 bits per heavy atom. The van der Waals surface area contributed by atoms with E-state index in [1.54, 1.807) is 23.9 Å². The number of sulfonamides is 1. The second-order valence-electron chi connectivity index (χ2n) is 9.25. The Kier molecular flexibility index (Phi) is 6.46. The van der Waals surface area contributed by atoms with Crippen LogP contribution in [0.15, 0.2) is 39.0 Å². The van der Waals surface area contributed by atoms with Crippen molar-refractivity contribution in [3.63, 3.8) is 0 Å². The van der Waals surface area contributed by atoms with Gasteiger partial charge in [0.2, 0.25) is 10.0 Å². The van der Waals surface area contributed by atoms with Gasteiger partial charge in [-0.2, -0.15) is 4.31 Å². The molecule has 1 aromatic heterocycles. The van der Waals surface area contributed by atoms with Crippen molar-refractivity contribution >= 4 is 27.8 Å². The molecule has 0 bridgehead atoms. The first kappa shape index (κ1) is 23.4. The first-order valence-electron chi connectivity index (χ1n) is 10.9. The number of aromatic nitrogens is 1. The van der Waals surface area contributed by atoms with E-state index in [1.807, 2.05) is 23.6 Å². The molecule has 2 aliphatic rings. The van der Waals surface area contributed by atoms with Crippen LogP contribution in [-0.4, -0.2) is 54.7 Å². The van der Waals surface area contributed by atoms with Crippen molar-refractivity contribution in [1.82, 2.24) is 8.87 Å². The second-order valence-corrected chi connectivity index (χ2v) is 12.3. The largest absolute Gasteiger partial charge is 0.480 e.